The minimum absolute atomic E-state index is 0.102. The number of rotatable bonds is 9. The van der Waals surface area contributed by atoms with E-state index >= 15 is 0 Å². The first kappa shape index (κ1) is 22.8. The summed E-state index contributed by atoms with van der Waals surface area (Å²) in [5, 5.41) is 4.39. The molecule has 2 amide bonds. The predicted octanol–water partition coefficient (Wildman–Crippen LogP) is 3.57. The number of fused-ring (bicyclic) bond motifs is 1. The first-order valence-electron chi connectivity index (χ1n) is 10.4. The van der Waals surface area contributed by atoms with Crippen molar-refractivity contribution in [3.8, 4) is 0 Å². The van der Waals surface area contributed by atoms with Gasteiger partial charge in [0.2, 0.25) is 5.91 Å². The van der Waals surface area contributed by atoms with Crippen molar-refractivity contribution >= 4 is 34.3 Å². The molecule has 0 aliphatic heterocycles. The van der Waals surface area contributed by atoms with Gasteiger partial charge in [0.1, 0.15) is 11.7 Å². The van der Waals surface area contributed by atoms with Gasteiger partial charge in [0, 0.05) is 35.9 Å². The Morgan fingerprint density at radius 3 is 2.48 bits per heavy atom. The molecular weight excluding hydrogens is 412 g/mol. The van der Waals surface area contributed by atoms with E-state index < -0.39 is 6.04 Å². The number of amides is 2. The fourth-order valence-electron chi connectivity index (χ4n) is 3.51. The number of H-pyrrole nitrogens is 1. The Hall–Kier alpha value is -2.83. The highest BCUT2D eigenvalue weighted by atomic mass is 35.5. The van der Waals surface area contributed by atoms with Crippen LogP contribution in [0, 0.1) is 0 Å². The largest absolute Gasteiger partial charge is 0.351 e. The molecule has 0 bridgehead atoms. The highest BCUT2D eigenvalue weighted by Gasteiger charge is 2.25. The van der Waals surface area contributed by atoms with Crippen LogP contribution in [0.3, 0.4) is 0 Å². The molecule has 0 aliphatic rings. The number of nitrogens with zero attached hydrogens (tertiary/aromatic N) is 2. The number of aromatic amines is 1. The monoisotopic (exact) mass is 440 g/mol. The second-order valence-corrected chi connectivity index (χ2v) is 8.48. The summed E-state index contributed by atoms with van der Waals surface area (Å²) >= 11 is 6.05. The highest BCUT2D eigenvalue weighted by molar-refractivity contribution is 6.31. The van der Waals surface area contributed by atoms with Crippen LogP contribution in [-0.4, -0.2) is 66.9 Å². The molecule has 164 valence electrons. The maximum Gasteiger partial charge on any atom is 0.268 e. The molecule has 31 heavy (non-hydrogen) atoms. The summed E-state index contributed by atoms with van der Waals surface area (Å²) in [6.07, 6.45) is 1.29. The number of hydrogen-bond donors (Lipinski definition) is 2. The van der Waals surface area contributed by atoms with Crippen LogP contribution in [0.25, 0.3) is 10.9 Å². The Kier molecular flexibility index (Phi) is 7.71. The van der Waals surface area contributed by atoms with E-state index in [1.165, 1.54) is 0 Å². The molecule has 1 atom stereocenters. The standard InChI is InChI=1S/C24H29ClN4O2/c1-28(2)12-7-13-29(3)24(31)22(14-17-8-5-4-6-9-17)27-23(30)21-16-18-15-19(25)10-11-20(18)26-21/h4-6,8-11,15-16,22,26H,7,12-14H2,1-3H3,(H,27,30). The van der Waals surface area contributed by atoms with Gasteiger partial charge in [0.05, 0.1) is 0 Å². The van der Waals surface area contributed by atoms with Gasteiger partial charge in [-0.2, -0.15) is 0 Å². The molecule has 7 heteroatoms. The summed E-state index contributed by atoms with van der Waals surface area (Å²) in [7, 11) is 5.80. The third-order valence-corrected chi connectivity index (χ3v) is 5.42. The molecule has 2 N–H and O–H groups in total. The number of aromatic nitrogens is 1. The summed E-state index contributed by atoms with van der Waals surface area (Å²) in [6.45, 7) is 1.52. The van der Waals surface area contributed by atoms with E-state index in [1.807, 2.05) is 50.5 Å². The van der Waals surface area contributed by atoms with Crippen LogP contribution in [0.5, 0.6) is 0 Å². The Balaban J connectivity index is 1.76. The van der Waals surface area contributed by atoms with E-state index in [-0.39, 0.29) is 11.8 Å². The molecule has 0 radical (unpaired) electrons. The third kappa shape index (κ3) is 6.32. The molecule has 1 unspecified atom stereocenters. The summed E-state index contributed by atoms with van der Waals surface area (Å²) in [6, 6.07) is 16.2. The van der Waals surface area contributed by atoms with Crippen LogP contribution in [0.4, 0.5) is 0 Å². The molecule has 2 aromatic carbocycles. The lowest BCUT2D eigenvalue weighted by Gasteiger charge is -2.25. The zero-order valence-electron chi connectivity index (χ0n) is 18.2. The van der Waals surface area contributed by atoms with Crippen molar-refractivity contribution < 1.29 is 9.59 Å². The smallest absolute Gasteiger partial charge is 0.268 e. The molecule has 0 fully saturated rings. The molecule has 3 aromatic rings. The zero-order valence-corrected chi connectivity index (χ0v) is 18.9. The molecule has 1 aromatic heterocycles. The molecule has 3 rings (SSSR count). The van der Waals surface area contributed by atoms with Gasteiger partial charge in [0.15, 0.2) is 0 Å². The van der Waals surface area contributed by atoms with Crippen molar-refractivity contribution in [1.29, 1.82) is 0 Å². The lowest BCUT2D eigenvalue weighted by atomic mass is 10.0. The van der Waals surface area contributed by atoms with Crippen molar-refractivity contribution in [3.05, 3.63) is 70.9 Å². The van der Waals surface area contributed by atoms with E-state index in [0.717, 1.165) is 29.4 Å². The summed E-state index contributed by atoms with van der Waals surface area (Å²) in [4.78, 5) is 33.0. The summed E-state index contributed by atoms with van der Waals surface area (Å²) < 4.78 is 0. The fraction of sp³-hybridized carbons (Fsp3) is 0.333. The number of carbonyl (C=O) groups is 2. The average Bonchev–Trinajstić information content (AvgIpc) is 3.16. The predicted molar refractivity (Wildman–Crippen MR) is 126 cm³/mol. The second kappa shape index (κ2) is 10.5. The van der Waals surface area contributed by atoms with Gasteiger partial charge >= 0.3 is 0 Å². The quantitative estimate of drug-likeness (QED) is 0.534. The number of hydrogen-bond acceptors (Lipinski definition) is 3. The maximum absolute atomic E-state index is 13.2. The van der Waals surface area contributed by atoms with Gasteiger partial charge in [-0.15, -0.1) is 0 Å². The minimum atomic E-state index is -0.658. The molecule has 0 spiro atoms. The summed E-state index contributed by atoms with van der Waals surface area (Å²) in [5.41, 5.74) is 2.21. The SMILES string of the molecule is CN(C)CCCN(C)C(=O)C(Cc1ccccc1)NC(=O)c1cc2cc(Cl)ccc2[nH]1. The van der Waals surface area contributed by atoms with Crippen molar-refractivity contribution in [3.63, 3.8) is 0 Å². The molecular formula is C24H29ClN4O2. The Morgan fingerprint density at radius 1 is 1.03 bits per heavy atom. The van der Waals surface area contributed by atoms with E-state index in [9.17, 15) is 9.59 Å². The van der Waals surface area contributed by atoms with Gasteiger partial charge in [-0.05, 0) is 56.9 Å². The van der Waals surface area contributed by atoms with Crippen LogP contribution < -0.4 is 5.32 Å². The summed E-state index contributed by atoms with van der Waals surface area (Å²) in [5.74, 6) is -0.418. The number of halogens is 1. The molecule has 1 heterocycles. The van der Waals surface area contributed by atoms with E-state index in [1.54, 1.807) is 30.1 Å². The van der Waals surface area contributed by atoms with Crippen LogP contribution in [0.1, 0.15) is 22.5 Å². The lowest BCUT2D eigenvalue weighted by Crippen LogP contribution is -2.49. The van der Waals surface area contributed by atoms with Crippen LogP contribution in [0.15, 0.2) is 54.6 Å². The maximum atomic E-state index is 13.2. The van der Waals surface area contributed by atoms with Gasteiger partial charge in [-0.1, -0.05) is 41.9 Å². The molecule has 6 nitrogen and oxygen atoms in total. The minimum Gasteiger partial charge on any atom is -0.351 e. The number of carbonyl (C=O) groups excluding carboxylic acids is 2. The Labute approximate surface area is 188 Å². The van der Waals surface area contributed by atoms with E-state index in [0.29, 0.717) is 23.7 Å². The second-order valence-electron chi connectivity index (χ2n) is 8.05. The molecule has 0 aliphatic carbocycles. The first-order valence-corrected chi connectivity index (χ1v) is 10.7. The zero-order chi connectivity index (χ0) is 22.4. The first-order chi connectivity index (χ1) is 14.8. The van der Waals surface area contributed by atoms with Gasteiger partial charge < -0.3 is 20.1 Å². The van der Waals surface area contributed by atoms with Crippen LogP contribution >= 0.6 is 11.6 Å². The third-order valence-electron chi connectivity index (χ3n) is 5.19. The highest BCUT2D eigenvalue weighted by Crippen LogP contribution is 2.20. The van der Waals surface area contributed by atoms with E-state index in [4.69, 9.17) is 11.6 Å². The Bertz CT molecular complexity index is 1030. The average molecular weight is 441 g/mol. The number of nitrogens with one attached hydrogen (secondary N) is 2. The van der Waals surface area contributed by atoms with Gasteiger partial charge in [-0.25, -0.2) is 0 Å². The number of likely N-dealkylation sites (N-methyl/N-ethyl adjacent to an activating group) is 1. The van der Waals surface area contributed by atoms with Crippen molar-refractivity contribution in [2.45, 2.75) is 18.9 Å². The van der Waals surface area contributed by atoms with Gasteiger partial charge in [-0.3, -0.25) is 9.59 Å². The van der Waals surface area contributed by atoms with Crippen molar-refractivity contribution in [2.24, 2.45) is 0 Å². The topological polar surface area (TPSA) is 68.4 Å². The molecule has 0 saturated heterocycles. The van der Waals surface area contributed by atoms with Crippen molar-refractivity contribution in [1.82, 2.24) is 20.1 Å². The lowest BCUT2D eigenvalue weighted by molar-refractivity contribution is -0.132. The number of benzene rings is 2. The fourth-order valence-corrected chi connectivity index (χ4v) is 3.69. The van der Waals surface area contributed by atoms with Crippen molar-refractivity contribution in [2.75, 3.05) is 34.2 Å². The Morgan fingerprint density at radius 2 is 1.77 bits per heavy atom. The van der Waals surface area contributed by atoms with Crippen LogP contribution in [-0.2, 0) is 11.2 Å². The normalized spacial score (nSPS) is 12.2. The van der Waals surface area contributed by atoms with Gasteiger partial charge in [0.25, 0.3) is 5.91 Å². The molecule has 0 saturated carbocycles. The van der Waals surface area contributed by atoms with E-state index in [2.05, 4.69) is 15.2 Å². The van der Waals surface area contributed by atoms with Crippen LogP contribution in [0.2, 0.25) is 5.02 Å².